The lowest BCUT2D eigenvalue weighted by molar-refractivity contribution is -0.123. The number of anilines is 6. The van der Waals surface area contributed by atoms with Gasteiger partial charge in [-0.15, -0.1) is 0 Å². The van der Waals surface area contributed by atoms with E-state index in [1.165, 1.54) is 13.8 Å². The van der Waals surface area contributed by atoms with Gasteiger partial charge in [0.2, 0.25) is 0 Å². The number of amides is 6. The highest BCUT2D eigenvalue weighted by Gasteiger charge is 2.35. The number of nitrogens with one attached hydrogen (secondary N) is 6. The number of carbonyl (C=O) groups is 6. The first-order valence-electron chi connectivity index (χ1n) is 15.0. The maximum Gasteiger partial charge on any atom is 0.252 e. The van der Waals surface area contributed by atoms with Crippen molar-refractivity contribution in [3.63, 3.8) is 0 Å². The third kappa shape index (κ3) is 11.0. The molecule has 12 N–H and O–H groups in total. The van der Waals surface area contributed by atoms with Gasteiger partial charge >= 0.3 is 0 Å². The zero-order chi connectivity index (χ0) is 40.1. The Hall–Kier alpha value is -2.06. The molecule has 22 heteroatoms. The van der Waals surface area contributed by atoms with Crippen molar-refractivity contribution < 1.29 is 59.4 Å². The van der Waals surface area contributed by atoms with E-state index in [-0.39, 0.29) is 59.5 Å². The average Bonchev–Trinajstić information content (AvgIpc) is 3.05. The molecule has 0 fully saturated rings. The van der Waals surface area contributed by atoms with Crippen LogP contribution in [0.3, 0.4) is 0 Å². The number of halogens is 4. The van der Waals surface area contributed by atoms with Crippen molar-refractivity contribution in [2.45, 2.75) is 78.2 Å². The molecule has 52 heavy (non-hydrogen) atoms. The smallest absolute Gasteiger partial charge is 0.252 e. The fraction of sp³-hybridized carbons (Fsp3) is 0.400. The highest BCUT2D eigenvalue weighted by Crippen LogP contribution is 2.54. The standard InChI is InChI=1S/C30H36I4N6O12/c1-7(41)25(47)35-19-13(20(36-26(48)8(2)42)16(32)23(15(19)31)39-29(51)11(5)45)14-21(37-27(49)9(3)43)17(33)24(40-30(52)12(6)46)18(34)22(14)38-28(50)10(4)44/h7-12,41-46H,1-6H3,(H,35,47)(H,36,48)(H,37,49)(H,38,50)(H,39,51)(H,40,52). The van der Waals surface area contributed by atoms with Crippen LogP contribution in [0.25, 0.3) is 11.1 Å². The van der Waals surface area contributed by atoms with Crippen molar-refractivity contribution in [1.82, 2.24) is 0 Å². The number of carbonyl (C=O) groups excluding carboxylic acids is 6. The van der Waals surface area contributed by atoms with E-state index in [1.54, 1.807) is 90.4 Å². The van der Waals surface area contributed by atoms with Crippen LogP contribution in [0.1, 0.15) is 41.5 Å². The predicted octanol–water partition coefficient (Wildman–Crippen LogP) is 1.69. The third-order valence-corrected chi connectivity index (χ3v) is 11.1. The van der Waals surface area contributed by atoms with Gasteiger partial charge < -0.3 is 62.5 Å². The Morgan fingerprint density at radius 3 is 0.615 bits per heavy atom. The quantitative estimate of drug-likeness (QED) is 0.128. The lowest BCUT2D eigenvalue weighted by atomic mass is 9.95. The van der Waals surface area contributed by atoms with Gasteiger partial charge in [-0.05, 0) is 132 Å². The molecule has 0 aliphatic heterocycles. The molecule has 0 spiro atoms. The van der Waals surface area contributed by atoms with Crippen molar-refractivity contribution in [2.24, 2.45) is 0 Å². The molecule has 0 radical (unpaired) electrons. The normalized spacial score (nSPS) is 14.5. The van der Waals surface area contributed by atoms with Gasteiger partial charge in [-0.3, -0.25) is 28.8 Å². The van der Waals surface area contributed by atoms with E-state index in [4.69, 9.17) is 0 Å². The predicted molar refractivity (Wildman–Crippen MR) is 225 cm³/mol. The number of rotatable bonds is 13. The van der Waals surface area contributed by atoms with Crippen LogP contribution in [0.15, 0.2) is 0 Å². The first kappa shape index (κ1) is 46.1. The van der Waals surface area contributed by atoms with Crippen LogP contribution in [0.5, 0.6) is 0 Å². The van der Waals surface area contributed by atoms with Gasteiger partial charge in [-0.1, -0.05) is 0 Å². The molecule has 286 valence electrons. The molecule has 2 aromatic rings. The van der Waals surface area contributed by atoms with E-state index in [0.717, 1.165) is 27.7 Å². The van der Waals surface area contributed by atoms with E-state index in [2.05, 4.69) is 31.9 Å². The fourth-order valence-corrected chi connectivity index (χ4v) is 8.20. The van der Waals surface area contributed by atoms with Gasteiger partial charge in [0.25, 0.3) is 35.4 Å². The first-order chi connectivity index (χ1) is 23.9. The van der Waals surface area contributed by atoms with Crippen molar-refractivity contribution in [3.8, 4) is 11.1 Å². The van der Waals surface area contributed by atoms with Gasteiger partial charge in [-0.2, -0.15) is 0 Å². The minimum absolute atomic E-state index is 0.0344. The first-order valence-corrected chi connectivity index (χ1v) is 19.3. The number of benzene rings is 2. The fourth-order valence-electron chi connectivity index (χ4n) is 3.94. The minimum atomic E-state index is -1.64. The highest BCUT2D eigenvalue weighted by molar-refractivity contribution is 14.1. The summed E-state index contributed by atoms with van der Waals surface area (Å²) in [7, 11) is 0. The Balaban J connectivity index is 3.53. The minimum Gasteiger partial charge on any atom is -0.384 e. The zero-order valence-electron chi connectivity index (χ0n) is 28.1. The largest absolute Gasteiger partial charge is 0.384 e. The second-order valence-electron chi connectivity index (χ2n) is 11.2. The second-order valence-corrected chi connectivity index (χ2v) is 15.6. The summed E-state index contributed by atoms with van der Waals surface area (Å²) < 4.78 is 0.138. The average molecular weight is 1180 g/mol. The maximum absolute atomic E-state index is 13.2. The van der Waals surface area contributed by atoms with Gasteiger partial charge in [0.05, 0.1) is 48.4 Å². The molecule has 0 saturated heterocycles. The number of aliphatic hydroxyl groups excluding tert-OH is 6. The van der Waals surface area contributed by atoms with Crippen LogP contribution in [0.4, 0.5) is 34.1 Å². The lowest BCUT2D eigenvalue weighted by Gasteiger charge is -2.29. The molecule has 2 aromatic carbocycles. The Morgan fingerprint density at radius 2 is 0.481 bits per heavy atom. The Kier molecular flexibility index (Phi) is 17.3. The number of aliphatic hydroxyl groups is 6. The second kappa shape index (κ2) is 19.5. The summed E-state index contributed by atoms with van der Waals surface area (Å²) in [6.07, 6.45) is -9.64. The molecular formula is C30H36I4N6O12. The van der Waals surface area contributed by atoms with Crippen LogP contribution in [0, 0.1) is 14.3 Å². The molecule has 0 aliphatic carbocycles. The highest BCUT2D eigenvalue weighted by atomic mass is 127. The summed E-state index contributed by atoms with van der Waals surface area (Å²) in [5.41, 5.74) is -1.54. The van der Waals surface area contributed by atoms with Crippen molar-refractivity contribution in [2.75, 3.05) is 31.9 Å². The van der Waals surface area contributed by atoms with Crippen LogP contribution in [0.2, 0.25) is 0 Å². The molecule has 2 rings (SSSR count). The summed E-state index contributed by atoms with van der Waals surface area (Å²) in [6.45, 7) is 6.96. The molecule has 0 saturated carbocycles. The van der Waals surface area contributed by atoms with Crippen LogP contribution >= 0.6 is 90.4 Å². The molecule has 6 amide bonds. The molecule has 0 aliphatic rings. The van der Waals surface area contributed by atoms with Gasteiger partial charge in [-0.25, -0.2) is 0 Å². The van der Waals surface area contributed by atoms with E-state index in [9.17, 15) is 59.4 Å². The molecule has 0 bridgehead atoms. The topological polar surface area (TPSA) is 296 Å². The van der Waals surface area contributed by atoms with Crippen molar-refractivity contribution in [3.05, 3.63) is 14.3 Å². The van der Waals surface area contributed by atoms with Gasteiger partial charge in [0, 0.05) is 11.1 Å². The van der Waals surface area contributed by atoms with Crippen LogP contribution < -0.4 is 31.9 Å². The van der Waals surface area contributed by atoms with E-state index >= 15 is 0 Å². The Labute approximate surface area is 351 Å². The third-order valence-electron chi connectivity index (χ3n) is 6.77. The molecule has 6 unspecified atom stereocenters. The van der Waals surface area contributed by atoms with Gasteiger partial charge in [0.15, 0.2) is 0 Å². The molecule has 0 aromatic heterocycles. The van der Waals surface area contributed by atoms with Crippen molar-refractivity contribution >= 4 is 160 Å². The maximum atomic E-state index is 13.2. The Morgan fingerprint density at radius 1 is 0.346 bits per heavy atom. The Bertz CT molecular complexity index is 1560. The van der Waals surface area contributed by atoms with Gasteiger partial charge in [0.1, 0.15) is 36.6 Å². The molecular weight excluding hydrogens is 1140 g/mol. The number of hydrogen-bond acceptors (Lipinski definition) is 12. The summed E-state index contributed by atoms with van der Waals surface area (Å²) in [4.78, 5) is 78.3. The lowest BCUT2D eigenvalue weighted by Crippen LogP contribution is -2.31. The molecule has 18 nitrogen and oxygen atoms in total. The molecule has 6 atom stereocenters. The van der Waals surface area contributed by atoms with Crippen molar-refractivity contribution in [1.29, 1.82) is 0 Å². The van der Waals surface area contributed by atoms with Crippen LogP contribution in [-0.2, 0) is 28.8 Å². The SMILES string of the molecule is CC(O)C(=O)Nc1c(I)c(NC(=O)C(C)O)c(-c2c(NC(=O)C(C)O)c(I)c(NC(=O)C(C)O)c(I)c2NC(=O)C(C)O)c(NC(=O)C(C)O)c1I. The summed E-state index contributed by atoms with van der Waals surface area (Å²) in [5.74, 6) is -5.82. The summed E-state index contributed by atoms with van der Waals surface area (Å²) >= 11 is 6.95. The monoisotopic (exact) mass is 1180 g/mol. The zero-order valence-corrected chi connectivity index (χ0v) is 36.7. The summed E-state index contributed by atoms with van der Waals surface area (Å²) in [6, 6.07) is 0. The molecule has 0 heterocycles. The van der Waals surface area contributed by atoms with E-state index in [1.807, 2.05) is 0 Å². The van der Waals surface area contributed by atoms with Crippen LogP contribution in [-0.4, -0.2) is 103 Å². The van der Waals surface area contributed by atoms with E-state index in [0.29, 0.717) is 0 Å². The number of hydrogen-bond donors (Lipinski definition) is 12. The summed E-state index contributed by atoms with van der Waals surface area (Å²) in [5, 5.41) is 76.1. The van der Waals surface area contributed by atoms with E-state index < -0.39 is 72.1 Å².